The first-order valence-corrected chi connectivity index (χ1v) is 15.1. The molecule has 6 aliphatic rings. The molecule has 0 aromatic heterocycles. The van der Waals surface area contributed by atoms with Crippen LogP contribution in [0.1, 0.15) is 120 Å². The Kier molecular flexibility index (Phi) is 5.19. The van der Waals surface area contributed by atoms with Crippen LogP contribution in [0.4, 0.5) is 0 Å². The summed E-state index contributed by atoms with van der Waals surface area (Å²) >= 11 is 0. The van der Waals surface area contributed by atoms with Crippen LogP contribution in [-0.4, -0.2) is 34.9 Å². The maximum Gasteiger partial charge on any atom is 0.313 e. The van der Waals surface area contributed by atoms with Crippen LogP contribution in [0.3, 0.4) is 0 Å². The van der Waals surface area contributed by atoms with Gasteiger partial charge in [0.25, 0.3) is 0 Å². The predicted molar refractivity (Wildman–Crippen MR) is 141 cm³/mol. The van der Waals surface area contributed by atoms with E-state index in [4.69, 9.17) is 9.47 Å². The first kappa shape index (κ1) is 26.1. The third-order valence-corrected chi connectivity index (χ3v) is 14.3. The lowest BCUT2D eigenvalue weighted by molar-refractivity contribution is -0.317. The first-order chi connectivity index (χ1) is 17.0. The van der Waals surface area contributed by atoms with Crippen molar-refractivity contribution in [3.05, 3.63) is 0 Å². The van der Waals surface area contributed by atoms with Crippen molar-refractivity contribution in [1.29, 1.82) is 0 Å². The number of aliphatic hydroxyl groups excluding tert-OH is 1. The molecule has 0 aromatic rings. The van der Waals surface area contributed by atoms with Crippen LogP contribution < -0.4 is 0 Å². The molecule has 5 unspecified atom stereocenters. The minimum Gasteiger partial charge on any atom is -0.462 e. The molecule has 208 valence electrons. The molecule has 10 atom stereocenters. The highest BCUT2D eigenvalue weighted by atomic mass is 16.6. The van der Waals surface area contributed by atoms with Crippen molar-refractivity contribution in [2.45, 2.75) is 137 Å². The van der Waals surface area contributed by atoms with Crippen LogP contribution in [0.25, 0.3) is 0 Å². The summed E-state index contributed by atoms with van der Waals surface area (Å²) in [4.78, 5) is 25.7. The second-order valence-corrected chi connectivity index (χ2v) is 16.4. The lowest BCUT2D eigenvalue weighted by Crippen LogP contribution is -2.76. The average molecular weight is 515 g/mol. The number of hydrogen-bond acceptors (Lipinski definition) is 5. The van der Waals surface area contributed by atoms with Gasteiger partial charge < -0.3 is 14.6 Å². The smallest absolute Gasteiger partial charge is 0.313 e. The molecule has 1 heterocycles. The summed E-state index contributed by atoms with van der Waals surface area (Å²) < 4.78 is 12.5. The van der Waals surface area contributed by atoms with Gasteiger partial charge in [-0.1, -0.05) is 48.5 Å². The molecule has 0 amide bonds. The van der Waals surface area contributed by atoms with E-state index in [2.05, 4.69) is 48.5 Å². The van der Waals surface area contributed by atoms with Crippen LogP contribution >= 0.6 is 0 Å². The van der Waals surface area contributed by atoms with Gasteiger partial charge in [-0.2, -0.15) is 0 Å². The molecule has 5 nitrogen and oxygen atoms in total. The average Bonchev–Trinajstić information content (AvgIpc) is 2.97. The Morgan fingerprint density at radius 3 is 2.24 bits per heavy atom. The summed E-state index contributed by atoms with van der Waals surface area (Å²) in [5.41, 5.74) is -1.38. The van der Waals surface area contributed by atoms with E-state index in [0.29, 0.717) is 18.3 Å². The van der Waals surface area contributed by atoms with Crippen LogP contribution in [0.15, 0.2) is 0 Å². The lowest BCUT2D eigenvalue weighted by atomic mass is 9.30. The Hall–Kier alpha value is -1.10. The van der Waals surface area contributed by atoms with Gasteiger partial charge in [0.1, 0.15) is 11.7 Å². The number of carbonyl (C=O) groups is 2. The number of hydrogen-bond donors (Lipinski definition) is 1. The van der Waals surface area contributed by atoms with Gasteiger partial charge in [0, 0.05) is 23.7 Å². The van der Waals surface area contributed by atoms with Gasteiger partial charge in [0.05, 0.1) is 11.5 Å². The molecule has 5 heteroatoms. The van der Waals surface area contributed by atoms with E-state index in [9.17, 15) is 14.7 Å². The van der Waals surface area contributed by atoms with Crippen molar-refractivity contribution in [2.75, 3.05) is 0 Å². The topological polar surface area (TPSA) is 72.8 Å². The van der Waals surface area contributed by atoms with Gasteiger partial charge >= 0.3 is 11.9 Å². The van der Waals surface area contributed by atoms with E-state index in [1.54, 1.807) is 0 Å². The molecule has 6 rings (SSSR count). The van der Waals surface area contributed by atoms with Crippen LogP contribution in [0.2, 0.25) is 0 Å². The van der Waals surface area contributed by atoms with E-state index in [0.717, 1.165) is 57.8 Å². The molecule has 6 fully saturated rings. The first-order valence-electron chi connectivity index (χ1n) is 15.1. The summed E-state index contributed by atoms with van der Waals surface area (Å²) in [6.07, 6.45) is 8.83. The van der Waals surface area contributed by atoms with Gasteiger partial charge in [0.15, 0.2) is 0 Å². The number of aliphatic hydroxyl groups is 1. The quantitative estimate of drug-likeness (QED) is 0.407. The van der Waals surface area contributed by atoms with Crippen molar-refractivity contribution in [3.63, 3.8) is 0 Å². The van der Waals surface area contributed by atoms with Crippen molar-refractivity contribution >= 4 is 11.9 Å². The maximum absolute atomic E-state index is 13.8. The molecule has 37 heavy (non-hydrogen) atoms. The zero-order valence-corrected chi connectivity index (χ0v) is 24.5. The summed E-state index contributed by atoms with van der Waals surface area (Å²) in [7, 11) is 0. The van der Waals surface area contributed by atoms with Crippen LogP contribution in [0.5, 0.6) is 0 Å². The molecule has 1 aliphatic heterocycles. The predicted octanol–water partition coefficient (Wildman–Crippen LogP) is 6.45. The van der Waals surface area contributed by atoms with Gasteiger partial charge in [-0.3, -0.25) is 9.59 Å². The Morgan fingerprint density at radius 1 is 0.892 bits per heavy atom. The highest BCUT2D eigenvalue weighted by Gasteiger charge is 2.83. The number of esters is 2. The molecule has 2 bridgehead atoms. The summed E-state index contributed by atoms with van der Waals surface area (Å²) in [5.74, 6) is 0.660. The summed E-state index contributed by atoms with van der Waals surface area (Å²) in [6.45, 7) is 18.1. The monoisotopic (exact) mass is 514 g/mol. The second kappa shape index (κ2) is 7.34. The normalized spacial score (nSPS) is 55.2. The molecule has 1 saturated heterocycles. The number of ether oxygens (including phenoxy) is 2. The standard InChI is InChI=1S/C32H50O5/c1-19(33)36-24-10-11-28(6)20(27(24,4)5)9-12-29(7)21(28)17-23(34)32-22-18-26(2,3)13-15-31(22,25(35)37-32)16-14-30(29,32)8/h20-24,34H,9-18H2,1-8H3/t20?,21?,22?,23?,24?,28-,29+,30-,31-,32+/m0/s1. The number of carbonyl (C=O) groups excluding carboxylic acids is 2. The van der Waals surface area contributed by atoms with Gasteiger partial charge in [0.2, 0.25) is 0 Å². The Bertz CT molecular complexity index is 1030. The van der Waals surface area contributed by atoms with E-state index in [1.165, 1.54) is 6.92 Å². The van der Waals surface area contributed by atoms with Crippen molar-refractivity contribution in [2.24, 2.45) is 50.2 Å². The number of rotatable bonds is 1. The minimum atomic E-state index is -0.779. The molecule has 0 radical (unpaired) electrons. The Morgan fingerprint density at radius 2 is 1.57 bits per heavy atom. The van der Waals surface area contributed by atoms with Crippen LogP contribution in [0, 0.1) is 50.2 Å². The van der Waals surface area contributed by atoms with E-state index in [1.807, 2.05) is 0 Å². The second-order valence-electron chi connectivity index (χ2n) is 16.4. The molecular weight excluding hydrogens is 464 g/mol. The molecule has 0 aromatic carbocycles. The third kappa shape index (κ3) is 2.86. The Balaban J connectivity index is 1.44. The Labute approximate surface area is 223 Å². The van der Waals surface area contributed by atoms with Crippen molar-refractivity contribution in [1.82, 2.24) is 0 Å². The van der Waals surface area contributed by atoms with E-state index in [-0.39, 0.29) is 51.0 Å². The largest absolute Gasteiger partial charge is 0.462 e. The van der Waals surface area contributed by atoms with Gasteiger partial charge in [-0.05, 0) is 92.3 Å². The van der Waals surface area contributed by atoms with E-state index >= 15 is 0 Å². The highest BCUT2D eigenvalue weighted by molar-refractivity contribution is 5.82. The fourth-order valence-electron chi connectivity index (χ4n) is 12.2. The van der Waals surface area contributed by atoms with Gasteiger partial charge in [-0.15, -0.1) is 0 Å². The SMILES string of the molecule is CC(=O)OC1CC[C@@]2(C)C(CC[C@]3(C)C2CC(O)[C@]24OC(=O)[C@@]5(CCC(C)(C)CC52)CC[C@]43C)C1(C)C. The van der Waals surface area contributed by atoms with Crippen LogP contribution in [-0.2, 0) is 19.1 Å². The lowest BCUT2D eigenvalue weighted by Gasteiger charge is -2.74. The fourth-order valence-corrected chi connectivity index (χ4v) is 12.2. The third-order valence-electron chi connectivity index (χ3n) is 14.3. The zero-order chi connectivity index (χ0) is 27.0. The molecule has 1 spiro atoms. The minimum absolute atomic E-state index is 0.0132. The molecule has 1 N–H and O–H groups in total. The highest BCUT2D eigenvalue weighted by Crippen LogP contribution is 2.80. The van der Waals surface area contributed by atoms with Gasteiger partial charge in [-0.25, -0.2) is 0 Å². The summed E-state index contributed by atoms with van der Waals surface area (Å²) in [6, 6.07) is 0. The van der Waals surface area contributed by atoms with E-state index < -0.39 is 17.1 Å². The zero-order valence-electron chi connectivity index (χ0n) is 24.5. The van der Waals surface area contributed by atoms with Crippen molar-refractivity contribution in [3.8, 4) is 0 Å². The molecule has 5 aliphatic carbocycles. The molecule has 5 saturated carbocycles. The van der Waals surface area contributed by atoms with Crippen molar-refractivity contribution < 1.29 is 24.2 Å². The fraction of sp³-hybridized carbons (Fsp3) is 0.938. The maximum atomic E-state index is 13.8. The summed E-state index contributed by atoms with van der Waals surface area (Å²) in [5, 5.41) is 12.3. The molecular formula is C32H50O5. The number of fused-ring (bicyclic) bond motifs is 4.